The molecule has 1 aromatic carbocycles. The molecule has 0 aliphatic heterocycles. The summed E-state index contributed by atoms with van der Waals surface area (Å²) in [5.41, 5.74) is 2.83. The highest BCUT2D eigenvalue weighted by molar-refractivity contribution is 5.66. The van der Waals surface area contributed by atoms with Gasteiger partial charge in [0.2, 0.25) is 0 Å². The number of ether oxygens (including phenoxy) is 2. The van der Waals surface area contributed by atoms with Crippen LogP contribution in [-0.2, 0) is 0 Å². The van der Waals surface area contributed by atoms with Gasteiger partial charge < -0.3 is 14.0 Å². The van der Waals surface area contributed by atoms with E-state index in [1.54, 1.807) is 14.2 Å². The van der Waals surface area contributed by atoms with Gasteiger partial charge >= 0.3 is 0 Å². The van der Waals surface area contributed by atoms with E-state index in [-0.39, 0.29) is 0 Å². The van der Waals surface area contributed by atoms with Gasteiger partial charge in [0.15, 0.2) is 11.5 Å². The summed E-state index contributed by atoms with van der Waals surface area (Å²) in [6.45, 7) is 3.88. The summed E-state index contributed by atoms with van der Waals surface area (Å²) < 4.78 is 15.6. The van der Waals surface area contributed by atoms with Crippen molar-refractivity contribution in [2.24, 2.45) is 0 Å². The largest absolute Gasteiger partial charge is 0.493 e. The van der Waals surface area contributed by atoms with Crippen LogP contribution in [0, 0.1) is 13.8 Å². The van der Waals surface area contributed by atoms with Crippen LogP contribution in [0.1, 0.15) is 11.3 Å². The lowest BCUT2D eigenvalue weighted by Gasteiger charge is -2.08. The van der Waals surface area contributed by atoms with Crippen molar-refractivity contribution < 1.29 is 14.0 Å². The molecule has 0 N–H and O–H groups in total. The molecule has 0 aliphatic carbocycles. The predicted octanol–water partition coefficient (Wildman–Crippen LogP) is 2.98. The molecular formula is C13H15NO3. The van der Waals surface area contributed by atoms with Gasteiger partial charge in [0, 0.05) is 11.1 Å². The van der Waals surface area contributed by atoms with Gasteiger partial charge in [0.25, 0.3) is 0 Å². The first-order valence-corrected chi connectivity index (χ1v) is 5.32. The number of aryl methyl sites for hydroxylation is 1. The fourth-order valence-electron chi connectivity index (χ4n) is 1.67. The molecule has 0 bridgehead atoms. The summed E-state index contributed by atoms with van der Waals surface area (Å²) in [4.78, 5) is 0. The number of methoxy groups -OCH3 is 2. The second kappa shape index (κ2) is 4.49. The fraction of sp³-hybridized carbons (Fsp3) is 0.308. The number of rotatable bonds is 3. The van der Waals surface area contributed by atoms with Crippen molar-refractivity contribution in [2.45, 2.75) is 13.8 Å². The van der Waals surface area contributed by atoms with Gasteiger partial charge in [0.05, 0.1) is 14.2 Å². The van der Waals surface area contributed by atoms with Crippen molar-refractivity contribution >= 4 is 0 Å². The Kier molecular flexibility index (Phi) is 3.04. The second-order valence-corrected chi connectivity index (χ2v) is 3.78. The van der Waals surface area contributed by atoms with Crippen molar-refractivity contribution in [3.63, 3.8) is 0 Å². The number of nitrogens with zero attached hydrogens (tertiary/aromatic N) is 1. The first kappa shape index (κ1) is 11.5. The normalized spacial score (nSPS) is 10.4. The maximum absolute atomic E-state index is 5.26. The fourth-order valence-corrected chi connectivity index (χ4v) is 1.67. The lowest BCUT2D eigenvalue weighted by atomic mass is 10.1. The van der Waals surface area contributed by atoms with Crippen molar-refractivity contribution in [1.82, 2.24) is 5.16 Å². The first-order valence-electron chi connectivity index (χ1n) is 5.32. The average Bonchev–Trinajstić information content (AvgIpc) is 2.69. The number of hydrogen-bond acceptors (Lipinski definition) is 4. The van der Waals surface area contributed by atoms with Crippen LogP contribution in [-0.4, -0.2) is 19.4 Å². The van der Waals surface area contributed by atoms with Gasteiger partial charge in [-0.25, -0.2) is 0 Å². The Hall–Kier alpha value is -1.97. The summed E-state index contributed by atoms with van der Waals surface area (Å²) >= 11 is 0. The molecule has 4 nitrogen and oxygen atoms in total. The molecule has 4 heteroatoms. The minimum Gasteiger partial charge on any atom is -0.493 e. The summed E-state index contributed by atoms with van der Waals surface area (Å²) in [5.74, 6) is 2.22. The van der Waals surface area contributed by atoms with E-state index in [0.717, 1.165) is 22.6 Å². The van der Waals surface area contributed by atoms with Crippen LogP contribution in [0.4, 0.5) is 0 Å². The molecular weight excluding hydrogens is 218 g/mol. The van der Waals surface area contributed by atoms with E-state index in [4.69, 9.17) is 14.0 Å². The molecule has 1 aromatic heterocycles. The molecule has 0 saturated carbocycles. The Morgan fingerprint density at radius 1 is 1.06 bits per heavy atom. The summed E-state index contributed by atoms with van der Waals surface area (Å²) in [6.07, 6.45) is 0. The van der Waals surface area contributed by atoms with E-state index in [1.807, 2.05) is 32.0 Å². The third-order valence-corrected chi connectivity index (χ3v) is 2.81. The quantitative estimate of drug-likeness (QED) is 0.817. The average molecular weight is 233 g/mol. The van der Waals surface area contributed by atoms with Crippen LogP contribution in [0.15, 0.2) is 22.7 Å². The lowest BCUT2D eigenvalue weighted by molar-refractivity contribution is 0.355. The zero-order valence-corrected chi connectivity index (χ0v) is 10.4. The second-order valence-electron chi connectivity index (χ2n) is 3.78. The molecule has 0 spiro atoms. The number of hydrogen-bond donors (Lipinski definition) is 0. The Balaban J connectivity index is 2.50. The standard InChI is InChI=1S/C13H15NO3/c1-8-9(2)17-14-13(8)10-5-6-11(15-3)12(7-10)16-4/h5-7H,1-4H3. The highest BCUT2D eigenvalue weighted by atomic mass is 16.5. The maximum atomic E-state index is 5.26. The molecule has 0 aliphatic rings. The molecule has 0 unspecified atom stereocenters. The lowest BCUT2D eigenvalue weighted by Crippen LogP contribution is -1.91. The van der Waals surface area contributed by atoms with Gasteiger partial charge in [-0.15, -0.1) is 0 Å². The van der Waals surface area contributed by atoms with Gasteiger partial charge in [-0.05, 0) is 32.0 Å². The molecule has 2 rings (SSSR count). The molecule has 0 radical (unpaired) electrons. The Morgan fingerprint density at radius 3 is 2.29 bits per heavy atom. The third-order valence-electron chi connectivity index (χ3n) is 2.81. The van der Waals surface area contributed by atoms with E-state index >= 15 is 0 Å². The topological polar surface area (TPSA) is 44.5 Å². The van der Waals surface area contributed by atoms with E-state index in [2.05, 4.69) is 5.16 Å². The molecule has 0 saturated heterocycles. The Labute approximate surface area is 100 Å². The van der Waals surface area contributed by atoms with Crippen molar-refractivity contribution in [2.75, 3.05) is 14.2 Å². The monoisotopic (exact) mass is 233 g/mol. The first-order chi connectivity index (χ1) is 8.17. The van der Waals surface area contributed by atoms with Crippen LogP contribution in [0.25, 0.3) is 11.3 Å². The van der Waals surface area contributed by atoms with Crippen LogP contribution < -0.4 is 9.47 Å². The van der Waals surface area contributed by atoms with E-state index in [0.29, 0.717) is 11.5 Å². The third kappa shape index (κ3) is 1.98. The van der Waals surface area contributed by atoms with Crippen LogP contribution >= 0.6 is 0 Å². The van der Waals surface area contributed by atoms with Crippen molar-refractivity contribution in [3.05, 3.63) is 29.5 Å². The van der Waals surface area contributed by atoms with Crippen molar-refractivity contribution in [1.29, 1.82) is 0 Å². The van der Waals surface area contributed by atoms with Crippen molar-refractivity contribution in [3.8, 4) is 22.8 Å². The van der Waals surface area contributed by atoms with Crippen LogP contribution in [0.3, 0.4) is 0 Å². The number of aromatic nitrogens is 1. The molecule has 17 heavy (non-hydrogen) atoms. The zero-order valence-electron chi connectivity index (χ0n) is 10.4. The molecule has 90 valence electrons. The molecule has 0 fully saturated rings. The SMILES string of the molecule is COc1ccc(-c2noc(C)c2C)cc1OC. The van der Waals surface area contributed by atoms with Crippen LogP contribution in [0.2, 0.25) is 0 Å². The molecule has 2 aromatic rings. The predicted molar refractivity (Wildman–Crippen MR) is 64.5 cm³/mol. The number of benzene rings is 1. The van der Waals surface area contributed by atoms with Crippen LogP contribution in [0.5, 0.6) is 11.5 Å². The molecule has 0 atom stereocenters. The minimum absolute atomic E-state index is 0.685. The van der Waals surface area contributed by atoms with Gasteiger partial charge in [-0.1, -0.05) is 5.16 Å². The Morgan fingerprint density at radius 2 is 1.76 bits per heavy atom. The summed E-state index contributed by atoms with van der Waals surface area (Å²) in [5, 5.41) is 4.05. The summed E-state index contributed by atoms with van der Waals surface area (Å²) in [6, 6.07) is 5.69. The van der Waals surface area contributed by atoms with Gasteiger partial charge in [-0.2, -0.15) is 0 Å². The Bertz CT molecular complexity index is 531. The summed E-state index contributed by atoms with van der Waals surface area (Å²) in [7, 11) is 3.23. The van der Waals surface area contributed by atoms with Gasteiger partial charge in [-0.3, -0.25) is 0 Å². The smallest absolute Gasteiger partial charge is 0.161 e. The molecule has 0 amide bonds. The maximum Gasteiger partial charge on any atom is 0.161 e. The zero-order chi connectivity index (χ0) is 12.4. The minimum atomic E-state index is 0.685. The van der Waals surface area contributed by atoms with E-state index < -0.39 is 0 Å². The van der Waals surface area contributed by atoms with E-state index in [1.165, 1.54) is 0 Å². The van der Waals surface area contributed by atoms with E-state index in [9.17, 15) is 0 Å². The highest BCUT2D eigenvalue weighted by Crippen LogP contribution is 2.33. The molecule has 1 heterocycles. The van der Waals surface area contributed by atoms with Gasteiger partial charge in [0.1, 0.15) is 11.5 Å². The highest BCUT2D eigenvalue weighted by Gasteiger charge is 2.13.